The minimum atomic E-state index is -0.0428. The fraction of sp³-hybridized carbons (Fsp3) is 0.185. The Morgan fingerprint density at radius 3 is 2.10 bits per heavy atom. The standard InChI is InChI=1S/C27H26N2OS/c1-17-10-9-11-18(2)25(17)28-27-29(23-12-7-6-8-13-23)26(30)24(31-27)16-22-15-20(4)19(3)14-21(22)5/h6-16H,1-5H3/b24-16-,28-27?. The van der Waals surface area contributed by atoms with Gasteiger partial charge in [-0.05, 0) is 98.0 Å². The molecule has 156 valence electrons. The van der Waals surface area contributed by atoms with Crippen LogP contribution in [0.2, 0.25) is 0 Å². The van der Waals surface area contributed by atoms with Gasteiger partial charge in [0.25, 0.3) is 5.91 Å². The van der Waals surface area contributed by atoms with E-state index in [0.717, 1.165) is 33.6 Å². The van der Waals surface area contributed by atoms with E-state index in [0.29, 0.717) is 10.1 Å². The summed E-state index contributed by atoms with van der Waals surface area (Å²) in [5.74, 6) is -0.0428. The van der Waals surface area contributed by atoms with E-state index >= 15 is 0 Å². The Morgan fingerprint density at radius 1 is 0.774 bits per heavy atom. The molecule has 1 amide bonds. The number of amidine groups is 1. The normalized spacial score (nSPS) is 16.5. The maximum absolute atomic E-state index is 13.5. The number of benzene rings is 3. The van der Waals surface area contributed by atoms with Gasteiger partial charge in [-0.3, -0.25) is 9.69 Å². The number of amides is 1. The van der Waals surface area contributed by atoms with E-state index in [1.54, 1.807) is 4.90 Å². The number of thioether (sulfide) groups is 1. The lowest BCUT2D eigenvalue weighted by molar-refractivity contribution is -0.113. The summed E-state index contributed by atoms with van der Waals surface area (Å²) in [6.45, 7) is 10.4. The largest absolute Gasteiger partial charge is 0.271 e. The molecule has 1 aliphatic heterocycles. The zero-order chi connectivity index (χ0) is 22.1. The first-order valence-electron chi connectivity index (χ1n) is 10.4. The first-order valence-corrected chi connectivity index (χ1v) is 11.2. The molecular formula is C27H26N2OS. The number of aliphatic imine (C=N–C) groups is 1. The predicted molar refractivity (Wildman–Crippen MR) is 133 cm³/mol. The molecule has 0 N–H and O–H groups in total. The lowest BCUT2D eigenvalue weighted by Crippen LogP contribution is -2.28. The number of carbonyl (C=O) groups excluding carboxylic acids is 1. The van der Waals surface area contributed by atoms with Crippen molar-refractivity contribution in [2.75, 3.05) is 4.90 Å². The fourth-order valence-corrected chi connectivity index (χ4v) is 4.69. The highest BCUT2D eigenvalue weighted by Crippen LogP contribution is 2.38. The van der Waals surface area contributed by atoms with Gasteiger partial charge in [0.1, 0.15) is 0 Å². The van der Waals surface area contributed by atoms with Gasteiger partial charge in [-0.1, -0.05) is 48.5 Å². The van der Waals surface area contributed by atoms with Crippen molar-refractivity contribution >= 4 is 40.3 Å². The number of hydrogen-bond acceptors (Lipinski definition) is 3. The van der Waals surface area contributed by atoms with E-state index in [-0.39, 0.29) is 5.91 Å². The Bertz CT molecular complexity index is 1210. The zero-order valence-electron chi connectivity index (χ0n) is 18.6. The number of aryl methyl sites for hydroxylation is 5. The van der Waals surface area contributed by atoms with Gasteiger partial charge in [-0.2, -0.15) is 0 Å². The molecular weight excluding hydrogens is 400 g/mol. The van der Waals surface area contributed by atoms with Crippen molar-refractivity contribution in [3.63, 3.8) is 0 Å². The summed E-state index contributed by atoms with van der Waals surface area (Å²) in [5.41, 5.74) is 8.64. The second kappa shape index (κ2) is 8.56. The fourth-order valence-electron chi connectivity index (χ4n) is 3.71. The summed E-state index contributed by atoms with van der Waals surface area (Å²) in [6, 6.07) is 20.2. The molecule has 31 heavy (non-hydrogen) atoms. The molecule has 0 spiro atoms. The summed E-state index contributed by atoms with van der Waals surface area (Å²) >= 11 is 1.44. The molecule has 1 saturated heterocycles. The van der Waals surface area contributed by atoms with Crippen LogP contribution in [0.1, 0.15) is 33.4 Å². The van der Waals surface area contributed by atoms with E-state index in [1.165, 1.54) is 22.9 Å². The van der Waals surface area contributed by atoms with Crippen molar-refractivity contribution in [3.05, 3.63) is 98.9 Å². The summed E-state index contributed by atoms with van der Waals surface area (Å²) < 4.78 is 0. The minimum Gasteiger partial charge on any atom is -0.268 e. The van der Waals surface area contributed by atoms with Gasteiger partial charge in [-0.15, -0.1) is 0 Å². The number of para-hydroxylation sites is 2. The van der Waals surface area contributed by atoms with Crippen molar-refractivity contribution in [2.24, 2.45) is 4.99 Å². The van der Waals surface area contributed by atoms with Gasteiger partial charge in [0.05, 0.1) is 16.3 Å². The lowest BCUT2D eigenvalue weighted by atomic mass is 10.0. The molecule has 0 aromatic heterocycles. The smallest absolute Gasteiger partial charge is 0.268 e. The molecule has 0 aliphatic carbocycles. The summed E-state index contributed by atoms with van der Waals surface area (Å²) in [5, 5.41) is 0.682. The van der Waals surface area contributed by atoms with Crippen molar-refractivity contribution in [1.82, 2.24) is 0 Å². The van der Waals surface area contributed by atoms with E-state index in [4.69, 9.17) is 4.99 Å². The van der Waals surface area contributed by atoms with Crippen LogP contribution in [0, 0.1) is 34.6 Å². The van der Waals surface area contributed by atoms with Crippen molar-refractivity contribution < 1.29 is 4.79 Å². The Kier molecular flexibility index (Phi) is 5.84. The van der Waals surface area contributed by atoms with Crippen LogP contribution in [0.3, 0.4) is 0 Å². The molecule has 1 fully saturated rings. The molecule has 0 unspecified atom stereocenters. The quantitative estimate of drug-likeness (QED) is 0.421. The number of carbonyl (C=O) groups is 1. The number of anilines is 1. The van der Waals surface area contributed by atoms with Gasteiger partial charge in [0.2, 0.25) is 0 Å². The van der Waals surface area contributed by atoms with E-state index in [1.807, 2.05) is 42.5 Å². The minimum absolute atomic E-state index is 0.0428. The molecule has 0 radical (unpaired) electrons. The first-order chi connectivity index (χ1) is 14.8. The van der Waals surface area contributed by atoms with E-state index < -0.39 is 0 Å². The monoisotopic (exact) mass is 426 g/mol. The molecule has 4 heteroatoms. The highest BCUT2D eigenvalue weighted by Gasteiger charge is 2.35. The van der Waals surface area contributed by atoms with Crippen LogP contribution in [0.5, 0.6) is 0 Å². The third-order valence-corrected chi connectivity index (χ3v) is 6.61. The van der Waals surface area contributed by atoms with Crippen LogP contribution in [-0.2, 0) is 4.79 Å². The number of hydrogen-bond donors (Lipinski definition) is 0. The van der Waals surface area contributed by atoms with Crippen molar-refractivity contribution in [3.8, 4) is 0 Å². The van der Waals surface area contributed by atoms with Crippen LogP contribution >= 0.6 is 11.8 Å². The van der Waals surface area contributed by atoms with Gasteiger partial charge in [0, 0.05) is 0 Å². The number of rotatable bonds is 3. The molecule has 0 saturated carbocycles. The second-order valence-corrected chi connectivity index (χ2v) is 9.02. The number of nitrogens with zero attached hydrogens (tertiary/aromatic N) is 2. The van der Waals surface area contributed by atoms with Crippen LogP contribution in [-0.4, -0.2) is 11.1 Å². The summed E-state index contributed by atoms with van der Waals surface area (Å²) in [7, 11) is 0. The maximum atomic E-state index is 13.5. The molecule has 4 rings (SSSR count). The van der Waals surface area contributed by atoms with Crippen molar-refractivity contribution in [1.29, 1.82) is 0 Å². The molecule has 3 aromatic carbocycles. The average molecular weight is 427 g/mol. The van der Waals surface area contributed by atoms with Crippen LogP contribution in [0.15, 0.2) is 70.6 Å². The third-order valence-electron chi connectivity index (χ3n) is 5.64. The molecule has 1 aliphatic rings. The Hall–Kier alpha value is -3.11. The van der Waals surface area contributed by atoms with Crippen molar-refractivity contribution in [2.45, 2.75) is 34.6 Å². The van der Waals surface area contributed by atoms with Crippen LogP contribution < -0.4 is 4.90 Å². The Labute approximate surface area is 188 Å². The summed E-state index contributed by atoms with van der Waals surface area (Å²) in [4.78, 5) is 20.9. The molecule has 3 nitrogen and oxygen atoms in total. The zero-order valence-corrected chi connectivity index (χ0v) is 19.4. The van der Waals surface area contributed by atoms with Crippen LogP contribution in [0.4, 0.5) is 11.4 Å². The predicted octanol–water partition coefficient (Wildman–Crippen LogP) is 7.04. The lowest BCUT2D eigenvalue weighted by Gasteiger charge is -2.16. The van der Waals surface area contributed by atoms with Gasteiger partial charge < -0.3 is 0 Å². The second-order valence-electron chi connectivity index (χ2n) is 8.01. The van der Waals surface area contributed by atoms with E-state index in [2.05, 4.69) is 58.9 Å². The molecule has 0 bridgehead atoms. The first kappa shape index (κ1) is 21.1. The topological polar surface area (TPSA) is 32.7 Å². The highest BCUT2D eigenvalue weighted by molar-refractivity contribution is 8.19. The maximum Gasteiger partial charge on any atom is 0.271 e. The van der Waals surface area contributed by atoms with E-state index in [9.17, 15) is 4.79 Å². The molecule has 1 heterocycles. The van der Waals surface area contributed by atoms with Gasteiger partial charge in [-0.25, -0.2) is 4.99 Å². The molecule has 3 aromatic rings. The summed E-state index contributed by atoms with van der Waals surface area (Å²) in [6.07, 6.45) is 2.00. The van der Waals surface area contributed by atoms with Gasteiger partial charge in [0.15, 0.2) is 5.17 Å². The SMILES string of the molecule is Cc1cc(C)c(/C=C2\SC(=Nc3c(C)cccc3C)N(c3ccccc3)C2=O)cc1C. The third kappa shape index (κ3) is 4.21. The Morgan fingerprint density at radius 2 is 1.42 bits per heavy atom. The highest BCUT2D eigenvalue weighted by atomic mass is 32.2. The molecule has 0 atom stereocenters. The van der Waals surface area contributed by atoms with Crippen LogP contribution in [0.25, 0.3) is 6.08 Å². The van der Waals surface area contributed by atoms with Gasteiger partial charge >= 0.3 is 0 Å². The Balaban J connectivity index is 1.84. The average Bonchev–Trinajstić information content (AvgIpc) is 3.04.